The van der Waals surface area contributed by atoms with Crippen molar-refractivity contribution >= 4 is 5.95 Å². The lowest BCUT2D eigenvalue weighted by Gasteiger charge is -2.25. The largest absolute Gasteiger partial charge is 0.351 e. The van der Waals surface area contributed by atoms with Gasteiger partial charge in [0.2, 0.25) is 5.95 Å². The van der Waals surface area contributed by atoms with E-state index >= 15 is 0 Å². The summed E-state index contributed by atoms with van der Waals surface area (Å²) in [5, 5.41) is 7.55. The first-order valence-corrected chi connectivity index (χ1v) is 7.80. The second-order valence-corrected chi connectivity index (χ2v) is 5.83. The van der Waals surface area contributed by atoms with Crippen molar-refractivity contribution in [2.24, 2.45) is 7.05 Å². The van der Waals surface area contributed by atoms with Crippen LogP contribution in [0.4, 0.5) is 5.95 Å². The lowest BCUT2D eigenvalue weighted by molar-refractivity contribution is 0.606. The first kappa shape index (κ1) is 13.9. The number of anilines is 1. The minimum Gasteiger partial charge on any atom is -0.351 e. The maximum absolute atomic E-state index is 4.58. The van der Waals surface area contributed by atoms with Crippen molar-refractivity contribution < 1.29 is 0 Å². The average molecular weight is 306 g/mol. The van der Waals surface area contributed by atoms with Gasteiger partial charge >= 0.3 is 0 Å². The molecule has 4 rings (SSSR count). The van der Waals surface area contributed by atoms with Gasteiger partial charge in [-0.05, 0) is 36.5 Å². The van der Waals surface area contributed by atoms with Crippen LogP contribution in [0.25, 0.3) is 11.5 Å². The monoisotopic (exact) mass is 306 g/mol. The molecule has 1 atom stereocenters. The summed E-state index contributed by atoms with van der Waals surface area (Å²) in [5.74, 6) is 1.39. The van der Waals surface area contributed by atoms with Gasteiger partial charge in [0.1, 0.15) is 12.0 Å². The number of fused-ring (bicyclic) bond motifs is 1. The normalized spacial score (nSPS) is 16.8. The molecule has 0 amide bonds. The molecule has 1 aliphatic carbocycles. The van der Waals surface area contributed by atoms with Gasteiger partial charge in [-0.2, -0.15) is 5.10 Å². The molecule has 23 heavy (non-hydrogen) atoms. The van der Waals surface area contributed by atoms with E-state index in [1.165, 1.54) is 17.5 Å². The maximum atomic E-state index is 4.58. The molecular weight excluding hydrogens is 288 g/mol. The van der Waals surface area contributed by atoms with Crippen LogP contribution in [-0.4, -0.2) is 30.8 Å². The Kier molecular flexibility index (Phi) is 3.49. The smallest absolute Gasteiger partial charge is 0.223 e. The van der Waals surface area contributed by atoms with Crippen molar-refractivity contribution in [3.05, 3.63) is 54.0 Å². The number of aromatic nitrogens is 5. The fraction of sp³-hybridized carbons (Fsp3) is 0.294. The van der Waals surface area contributed by atoms with Crippen LogP contribution in [0.3, 0.4) is 0 Å². The quantitative estimate of drug-likeness (QED) is 0.803. The summed E-state index contributed by atoms with van der Waals surface area (Å²) in [4.78, 5) is 13.2. The third-order valence-corrected chi connectivity index (χ3v) is 4.28. The first-order valence-electron chi connectivity index (χ1n) is 7.80. The van der Waals surface area contributed by atoms with E-state index in [-0.39, 0.29) is 0 Å². The average Bonchev–Trinajstić information content (AvgIpc) is 3.01. The minimum atomic E-state index is 0.361. The van der Waals surface area contributed by atoms with Gasteiger partial charge < -0.3 is 5.32 Å². The van der Waals surface area contributed by atoms with Gasteiger partial charge in [-0.3, -0.25) is 0 Å². The third kappa shape index (κ3) is 2.79. The summed E-state index contributed by atoms with van der Waals surface area (Å²) in [7, 11) is 1.86. The standard InChI is InChI=1S/C17H18N6/c1-23-16(19-11-20-23)15-8-9-18-17(22-15)21-14-7-6-12-4-2-3-5-13(12)10-14/h2-5,8-9,11,14H,6-7,10H2,1H3,(H,18,21,22). The molecule has 1 aliphatic rings. The molecule has 3 aromatic rings. The Hall–Kier alpha value is -2.76. The third-order valence-electron chi connectivity index (χ3n) is 4.28. The number of rotatable bonds is 3. The second kappa shape index (κ2) is 5.79. The summed E-state index contributed by atoms with van der Waals surface area (Å²) in [6.07, 6.45) is 6.48. The summed E-state index contributed by atoms with van der Waals surface area (Å²) in [6.45, 7) is 0. The number of hydrogen-bond donors (Lipinski definition) is 1. The van der Waals surface area contributed by atoms with E-state index in [4.69, 9.17) is 0 Å². The highest BCUT2D eigenvalue weighted by molar-refractivity contribution is 5.50. The van der Waals surface area contributed by atoms with E-state index in [0.29, 0.717) is 12.0 Å². The highest BCUT2D eigenvalue weighted by Gasteiger charge is 2.19. The van der Waals surface area contributed by atoms with Crippen LogP contribution in [0, 0.1) is 0 Å². The molecule has 0 radical (unpaired) electrons. The molecule has 2 aromatic heterocycles. The van der Waals surface area contributed by atoms with Gasteiger partial charge in [0.15, 0.2) is 5.82 Å². The lowest BCUT2D eigenvalue weighted by atomic mass is 9.88. The molecule has 0 fully saturated rings. The first-order chi connectivity index (χ1) is 11.3. The Labute approximate surface area is 134 Å². The number of hydrogen-bond acceptors (Lipinski definition) is 5. The van der Waals surface area contributed by atoms with Gasteiger partial charge in [0.25, 0.3) is 0 Å². The van der Waals surface area contributed by atoms with Crippen LogP contribution < -0.4 is 5.32 Å². The molecule has 1 N–H and O–H groups in total. The molecule has 0 saturated carbocycles. The fourth-order valence-corrected chi connectivity index (χ4v) is 3.08. The Morgan fingerprint density at radius 2 is 2.00 bits per heavy atom. The topological polar surface area (TPSA) is 68.5 Å². The molecule has 6 heteroatoms. The molecule has 1 unspecified atom stereocenters. The number of nitrogens with zero attached hydrogens (tertiary/aromatic N) is 5. The van der Waals surface area contributed by atoms with Crippen LogP contribution in [0.1, 0.15) is 17.5 Å². The van der Waals surface area contributed by atoms with Crippen LogP contribution >= 0.6 is 0 Å². The fourth-order valence-electron chi connectivity index (χ4n) is 3.08. The highest BCUT2D eigenvalue weighted by Crippen LogP contribution is 2.23. The van der Waals surface area contributed by atoms with Gasteiger partial charge in [-0.25, -0.2) is 19.6 Å². The molecule has 0 saturated heterocycles. The molecule has 0 spiro atoms. The van der Waals surface area contributed by atoms with E-state index in [9.17, 15) is 0 Å². The van der Waals surface area contributed by atoms with Crippen LogP contribution in [0.2, 0.25) is 0 Å². The molecule has 2 heterocycles. The number of nitrogens with one attached hydrogen (secondary N) is 1. The minimum absolute atomic E-state index is 0.361. The molecule has 0 aliphatic heterocycles. The van der Waals surface area contributed by atoms with Crippen molar-refractivity contribution in [2.45, 2.75) is 25.3 Å². The maximum Gasteiger partial charge on any atom is 0.223 e. The van der Waals surface area contributed by atoms with E-state index in [1.807, 2.05) is 13.1 Å². The van der Waals surface area contributed by atoms with E-state index < -0.39 is 0 Å². The van der Waals surface area contributed by atoms with Crippen molar-refractivity contribution in [3.8, 4) is 11.5 Å². The van der Waals surface area contributed by atoms with Crippen molar-refractivity contribution in [2.75, 3.05) is 5.32 Å². The molecule has 1 aromatic carbocycles. The Morgan fingerprint density at radius 3 is 2.83 bits per heavy atom. The zero-order valence-corrected chi connectivity index (χ0v) is 13.0. The van der Waals surface area contributed by atoms with E-state index in [1.54, 1.807) is 10.9 Å². The van der Waals surface area contributed by atoms with Gasteiger partial charge in [0, 0.05) is 19.3 Å². The predicted octanol–water partition coefficient (Wildman–Crippen LogP) is 2.24. The van der Waals surface area contributed by atoms with Crippen LogP contribution in [-0.2, 0) is 19.9 Å². The Morgan fingerprint density at radius 1 is 1.13 bits per heavy atom. The molecule has 0 bridgehead atoms. The van der Waals surface area contributed by atoms with Gasteiger partial charge in [-0.1, -0.05) is 24.3 Å². The molecule has 6 nitrogen and oxygen atoms in total. The number of aryl methyl sites for hydroxylation is 2. The molecule has 116 valence electrons. The van der Waals surface area contributed by atoms with Crippen LogP contribution in [0.15, 0.2) is 42.9 Å². The Bertz CT molecular complexity index is 825. The van der Waals surface area contributed by atoms with Crippen LogP contribution in [0.5, 0.6) is 0 Å². The zero-order chi connectivity index (χ0) is 15.6. The van der Waals surface area contributed by atoms with Gasteiger partial charge in [-0.15, -0.1) is 0 Å². The van der Waals surface area contributed by atoms with E-state index in [0.717, 1.165) is 30.8 Å². The summed E-state index contributed by atoms with van der Waals surface area (Å²) in [6, 6.07) is 10.9. The van der Waals surface area contributed by atoms with Crippen molar-refractivity contribution in [1.29, 1.82) is 0 Å². The SMILES string of the molecule is Cn1ncnc1-c1ccnc(NC2CCc3ccccc3C2)n1. The predicted molar refractivity (Wildman–Crippen MR) is 87.9 cm³/mol. The molecular formula is C17H18N6. The van der Waals surface area contributed by atoms with Crippen molar-refractivity contribution in [3.63, 3.8) is 0 Å². The second-order valence-electron chi connectivity index (χ2n) is 5.83. The summed E-state index contributed by atoms with van der Waals surface area (Å²) < 4.78 is 1.71. The number of benzene rings is 1. The highest BCUT2D eigenvalue weighted by atomic mass is 15.3. The summed E-state index contributed by atoms with van der Waals surface area (Å²) >= 11 is 0. The lowest BCUT2D eigenvalue weighted by Crippen LogP contribution is -2.28. The Balaban J connectivity index is 1.53. The summed E-state index contributed by atoms with van der Waals surface area (Å²) in [5.41, 5.74) is 3.65. The van der Waals surface area contributed by atoms with Crippen molar-refractivity contribution in [1.82, 2.24) is 24.7 Å². The van der Waals surface area contributed by atoms with E-state index in [2.05, 4.69) is 49.6 Å². The van der Waals surface area contributed by atoms with Gasteiger partial charge in [0.05, 0.1) is 0 Å². The zero-order valence-electron chi connectivity index (χ0n) is 13.0.